The zero-order valence-electron chi connectivity index (χ0n) is 15.1. The molecule has 2 atom stereocenters. The molecule has 6 nitrogen and oxygen atoms in total. The van der Waals surface area contributed by atoms with Crippen molar-refractivity contribution in [1.29, 1.82) is 0 Å². The van der Waals surface area contributed by atoms with E-state index >= 15 is 0 Å². The van der Waals surface area contributed by atoms with Gasteiger partial charge in [0.25, 0.3) is 0 Å². The predicted molar refractivity (Wildman–Crippen MR) is 90.2 cm³/mol. The van der Waals surface area contributed by atoms with Crippen LogP contribution in [-0.2, 0) is 19.1 Å². The van der Waals surface area contributed by atoms with Gasteiger partial charge in [-0.1, -0.05) is 44.9 Å². The third kappa shape index (κ3) is 5.21. The van der Waals surface area contributed by atoms with Gasteiger partial charge in [-0.2, -0.15) is 0 Å². The fraction of sp³-hybridized carbons (Fsp3) is 0.833. The van der Waals surface area contributed by atoms with E-state index in [1.165, 1.54) is 0 Å². The molecule has 1 aliphatic carbocycles. The van der Waals surface area contributed by atoms with Crippen LogP contribution in [0.15, 0.2) is 0 Å². The van der Waals surface area contributed by atoms with Gasteiger partial charge < -0.3 is 15.6 Å². The van der Waals surface area contributed by atoms with E-state index in [2.05, 4.69) is 0 Å². The molecule has 0 aliphatic heterocycles. The Bertz CT molecular complexity index is 469. The van der Waals surface area contributed by atoms with Gasteiger partial charge in [0.2, 0.25) is 5.91 Å². The number of nitrogens with two attached hydrogens (primary N) is 1. The molecule has 0 heterocycles. The summed E-state index contributed by atoms with van der Waals surface area (Å²) in [6.07, 6.45) is 6.54. The molecule has 1 saturated carbocycles. The first-order valence-corrected chi connectivity index (χ1v) is 8.87. The van der Waals surface area contributed by atoms with Gasteiger partial charge in [0, 0.05) is 0 Å². The monoisotopic (exact) mass is 341 g/mol. The van der Waals surface area contributed by atoms with E-state index < -0.39 is 34.8 Å². The number of hydrogen-bond donors (Lipinski definition) is 2. The van der Waals surface area contributed by atoms with Crippen molar-refractivity contribution in [2.75, 3.05) is 0 Å². The van der Waals surface area contributed by atoms with Crippen molar-refractivity contribution in [3.63, 3.8) is 0 Å². The Hall–Kier alpha value is -1.59. The van der Waals surface area contributed by atoms with Gasteiger partial charge >= 0.3 is 11.9 Å². The van der Waals surface area contributed by atoms with Crippen molar-refractivity contribution in [3.05, 3.63) is 0 Å². The summed E-state index contributed by atoms with van der Waals surface area (Å²) in [5, 5.41) is 9.92. The number of rotatable bonds is 3. The number of amides is 1. The normalized spacial score (nSPS) is 26.9. The summed E-state index contributed by atoms with van der Waals surface area (Å²) < 4.78 is 5.39. The first kappa shape index (κ1) is 20.5. The SMILES string of the molecule is CC(C)(C)OC(=O)C1(C(=O)O)CCCCCCCCCC1C(N)=O. The molecule has 0 aromatic rings. The minimum Gasteiger partial charge on any atom is -0.480 e. The summed E-state index contributed by atoms with van der Waals surface area (Å²) in [6, 6.07) is 0. The van der Waals surface area contributed by atoms with Gasteiger partial charge in [0.1, 0.15) is 5.60 Å². The van der Waals surface area contributed by atoms with Crippen molar-refractivity contribution in [2.45, 2.75) is 84.2 Å². The summed E-state index contributed by atoms with van der Waals surface area (Å²) in [6.45, 7) is 5.06. The highest BCUT2D eigenvalue weighted by Gasteiger charge is 2.56. The quantitative estimate of drug-likeness (QED) is 0.606. The Morgan fingerprint density at radius 1 is 1.00 bits per heavy atom. The van der Waals surface area contributed by atoms with Gasteiger partial charge in [0.05, 0.1) is 5.92 Å². The van der Waals surface area contributed by atoms with Crippen LogP contribution in [0.2, 0.25) is 0 Å². The number of carbonyl (C=O) groups excluding carboxylic acids is 2. The molecule has 3 N–H and O–H groups in total. The molecular weight excluding hydrogens is 310 g/mol. The molecule has 0 aromatic carbocycles. The van der Waals surface area contributed by atoms with Crippen LogP contribution in [-0.4, -0.2) is 28.6 Å². The maximum atomic E-state index is 12.8. The number of esters is 1. The molecular formula is C18H31NO5. The van der Waals surface area contributed by atoms with Crippen LogP contribution in [0.25, 0.3) is 0 Å². The van der Waals surface area contributed by atoms with E-state index in [1.807, 2.05) is 0 Å². The maximum Gasteiger partial charge on any atom is 0.324 e. The van der Waals surface area contributed by atoms with Crippen molar-refractivity contribution in [1.82, 2.24) is 0 Å². The number of carboxylic acid groups (broad SMARTS) is 1. The fourth-order valence-corrected chi connectivity index (χ4v) is 3.40. The molecule has 0 radical (unpaired) electrons. The lowest BCUT2D eigenvalue weighted by molar-refractivity contribution is -0.184. The second-order valence-corrected chi connectivity index (χ2v) is 7.75. The summed E-state index contributed by atoms with van der Waals surface area (Å²) in [5.41, 5.74) is 2.81. The highest BCUT2D eigenvalue weighted by Crippen LogP contribution is 2.40. The number of hydrogen-bond acceptors (Lipinski definition) is 4. The van der Waals surface area contributed by atoms with Crippen LogP contribution in [0.4, 0.5) is 0 Å². The van der Waals surface area contributed by atoms with Gasteiger partial charge in [-0.15, -0.1) is 0 Å². The Kier molecular flexibility index (Phi) is 7.24. The summed E-state index contributed by atoms with van der Waals surface area (Å²) in [7, 11) is 0. The zero-order valence-corrected chi connectivity index (χ0v) is 15.1. The third-order valence-corrected chi connectivity index (χ3v) is 4.65. The summed E-state index contributed by atoms with van der Waals surface area (Å²) in [4.78, 5) is 37.0. The largest absolute Gasteiger partial charge is 0.480 e. The van der Waals surface area contributed by atoms with Crippen molar-refractivity contribution < 1.29 is 24.2 Å². The van der Waals surface area contributed by atoms with E-state index in [4.69, 9.17) is 10.5 Å². The van der Waals surface area contributed by atoms with E-state index in [1.54, 1.807) is 20.8 Å². The molecule has 0 saturated heterocycles. The topological polar surface area (TPSA) is 107 Å². The predicted octanol–water partition coefficient (Wildman–Crippen LogP) is 3.03. The standard InChI is InChI=1S/C18H31NO5/c1-17(2,3)24-16(23)18(15(21)22)12-10-8-6-4-5-7-9-11-13(18)14(19)20/h13H,4-12H2,1-3H3,(H2,19,20)(H,21,22). The van der Waals surface area contributed by atoms with Gasteiger partial charge in [-0.25, -0.2) is 0 Å². The minimum atomic E-state index is -1.89. The maximum absolute atomic E-state index is 12.8. The lowest BCUT2D eigenvalue weighted by Gasteiger charge is -2.35. The van der Waals surface area contributed by atoms with E-state index in [0.717, 1.165) is 32.1 Å². The summed E-state index contributed by atoms with van der Waals surface area (Å²) in [5.74, 6) is -3.92. The van der Waals surface area contributed by atoms with Crippen LogP contribution in [0, 0.1) is 11.3 Å². The average molecular weight is 341 g/mol. The average Bonchev–Trinajstić information content (AvgIpc) is 2.48. The number of ether oxygens (including phenoxy) is 1. The van der Waals surface area contributed by atoms with Gasteiger partial charge in [0.15, 0.2) is 5.41 Å². The molecule has 24 heavy (non-hydrogen) atoms. The Morgan fingerprint density at radius 3 is 1.96 bits per heavy atom. The van der Waals surface area contributed by atoms with Gasteiger partial charge in [-0.3, -0.25) is 14.4 Å². The number of primary amides is 1. The lowest BCUT2D eigenvalue weighted by atomic mass is 9.69. The van der Waals surface area contributed by atoms with Crippen LogP contribution in [0.5, 0.6) is 0 Å². The molecule has 1 aliphatic rings. The van der Waals surface area contributed by atoms with Crippen molar-refractivity contribution >= 4 is 17.8 Å². The Morgan fingerprint density at radius 2 is 1.50 bits per heavy atom. The number of carboxylic acids is 1. The van der Waals surface area contributed by atoms with Gasteiger partial charge in [-0.05, 0) is 33.6 Å². The zero-order chi connectivity index (χ0) is 18.4. The molecule has 0 bridgehead atoms. The van der Waals surface area contributed by atoms with E-state index in [-0.39, 0.29) is 6.42 Å². The Balaban J connectivity index is 3.27. The second kappa shape index (κ2) is 8.49. The highest BCUT2D eigenvalue weighted by atomic mass is 16.6. The van der Waals surface area contributed by atoms with E-state index in [0.29, 0.717) is 19.3 Å². The van der Waals surface area contributed by atoms with E-state index in [9.17, 15) is 19.5 Å². The molecule has 0 spiro atoms. The molecule has 1 rings (SSSR count). The Labute approximate surface area is 144 Å². The molecule has 1 fully saturated rings. The fourth-order valence-electron chi connectivity index (χ4n) is 3.40. The minimum absolute atomic E-state index is 0.0881. The van der Waals surface area contributed by atoms with Crippen LogP contribution < -0.4 is 5.73 Å². The first-order chi connectivity index (χ1) is 11.1. The second-order valence-electron chi connectivity index (χ2n) is 7.75. The lowest BCUT2D eigenvalue weighted by Crippen LogP contribution is -2.52. The van der Waals surface area contributed by atoms with Crippen LogP contribution in [0.3, 0.4) is 0 Å². The smallest absolute Gasteiger partial charge is 0.324 e. The van der Waals surface area contributed by atoms with Crippen LogP contribution >= 0.6 is 0 Å². The van der Waals surface area contributed by atoms with Crippen molar-refractivity contribution in [2.24, 2.45) is 17.1 Å². The molecule has 6 heteroatoms. The first-order valence-electron chi connectivity index (χ1n) is 8.87. The molecule has 2 unspecified atom stereocenters. The molecule has 138 valence electrons. The molecule has 0 aromatic heterocycles. The van der Waals surface area contributed by atoms with Crippen molar-refractivity contribution in [3.8, 4) is 0 Å². The number of aliphatic carboxylic acids is 1. The molecule has 1 amide bonds. The number of carbonyl (C=O) groups is 3. The van der Waals surface area contributed by atoms with Crippen LogP contribution in [0.1, 0.15) is 78.6 Å². The third-order valence-electron chi connectivity index (χ3n) is 4.65. The highest BCUT2D eigenvalue weighted by molar-refractivity contribution is 6.03. The summed E-state index contributed by atoms with van der Waals surface area (Å²) >= 11 is 0.